The van der Waals surface area contributed by atoms with Gasteiger partial charge >= 0.3 is 0 Å². The number of rotatable bonds is 6. The Labute approximate surface area is 132 Å². The van der Waals surface area contributed by atoms with Crippen molar-refractivity contribution in [3.63, 3.8) is 0 Å². The minimum Gasteiger partial charge on any atom is -0.395 e. The maximum Gasteiger partial charge on any atom is 0.159 e. The monoisotopic (exact) mass is 351 g/mol. The SMILES string of the molecule is CCN(CCO)c1ncnc(Nc2ccc(Br)cc2)c1N. The summed E-state index contributed by atoms with van der Waals surface area (Å²) in [5.74, 6) is 1.18. The van der Waals surface area contributed by atoms with E-state index in [1.165, 1.54) is 6.33 Å². The first kappa shape index (κ1) is 15.5. The van der Waals surface area contributed by atoms with E-state index in [1.807, 2.05) is 36.1 Å². The van der Waals surface area contributed by atoms with Gasteiger partial charge in [0, 0.05) is 23.2 Å². The number of aliphatic hydroxyl groups is 1. The zero-order valence-corrected chi connectivity index (χ0v) is 13.3. The molecule has 21 heavy (non-hydrogen) atoms. The lowest BCUT2D eigenvalue weighted by molar-refractivity contribution is 0.302. The van der Waals surface area contributed by atoms with Crippen LogP contribution in [0.4, 0.5) is 23.0 Å². The standard InChI is InChI=1S/C14H18BrN5O/c1-2-20(7-8-21)14-12(16)13(17-9-18-14)19-11-5-3-10(15)4-6-11/h3-6,9,21H,2,7-8,16H2,1H3,(H,17,18,19). The van der Waals surface area contributed by atoms with Crippen molar-refractivity contribution in [2.75, 3.05) is 35.6 Å². The van der Waals surface area contributed by atoms with Crippen molar-refractivity contribution in [3.8, 4) is 0 Å². The second-order valence-corrected chi connectivity index (χ2v) is 5.31. The maximum atomic E-state index is 9.10. The maximum absolute atomic E-state index is 9.10. The number of halogens is 1. The van der Waals surface area contributed by atoms with Gasteiger partial charge in [0.25, 0.3) is 0 Å². The quantitative estimate of drug-likeness (QED) is 0.740. The molecule has 2 aromatic rings. The lowest BCUT2D eigenvalue weighted by Gasteiger charge is -2.23. The van der Waals surface area contributed by atoms with Crippen LogP contribution in [0.1, 0.15) is 6.92 Å². The molecule has 112 valence electrons. The normalized spacial score (nSPS) is 10.4. The van der Waals surface area contributed by atoms with Crippen LogP contribution < -0.4 is 16.0 Å². The van der Waals surface area contributed by atoms with Gasteiger partial charge in [0.15, 0.2) is 11.6 Å². The van der Waals surface area contributed by atoms with Crippen LogP contribution in [0, 0.1) is 0 Å². The van der Waals surface area contributed by atoms with Crippen LogP contribution in [-0.2, 0) is 0 Å². The molecular weight excluding hydrogens is 334 g/mol. The Morgan fingerprint density at radius 1 is 1.29 bits per heavy atom. The Kier molecular flexibility index (Phi) is 5.35. The molecule has 0 bridgehead atoms. The van der Waals surface area contributed by atoms with Gasteiger partial charge < -0.3 is 21.1 Å². The Morgan fingerprint density at radius 3 is 2.62 bits per heavy atom. The average molecular weight is 352 g/mol. The molecule has 1 heterocycles. The summed E-state index contributed by atoms with van der Waals surface area (Å²) in [6.07, 6.45) is 1.47. The molecule has 0 aliphatic rings. The van der Waals surface area contributed by atoms with Crippen molar-refractivity contribution >= 4 is 38.9 Å². The first-order chi connectivity index (χ1) is 10.2. The number of likely N-dealkylation sites (N-methyl/N-ethyl adjacent to an activating group) is 1. The molecule has 1 aromatic carbocycles. The number of nitrogens with two attached hydrogens (primary N) is 1. The van der Waals surface area contributed by atoms with Crippen molar-refractivity contribution in [1.82, 2.24) is 9.97 Å². The van der Waals surface area contributed by atoms with Crippen LogP contribution in [0.5, 0.6) is 0 Å². The zero-order valence-electron chi connectivity index (χ0n) is 11.8. The van der Waals surface area contributed by atoms with E-state index < -0.39 is 0 Å². The second kappa shape index (κ2) is 7.24. The number of nitrogens with one attached hydrogen (secondary N) is 1. The summed E-state index contributed by atoms with van der Waals surface area (Å²) >= 11 is 3.39. The molecule has 0 radical (unpaired) electrons. The van der Waals surface area contributed by atoms with E-state index in [1.54, 1.807) is 0 Å². The predicted molar refractivity (Wildman–Crippen MR) is 88.8 cm³/mol. The van der Waals surface area contributed by atoms with Crippen molar-refractivity contribution < 1.29 is 5.11 Å². The lowest BCUT2D eigenvalue weighted by atomic mass is 10.3. The molecule has 0 saturated heterocycles. The van der Waals surface area contributed by atoms with Crippen molar-refractivity contribution in [2.24, 2.45) is 0 Å². The molecule has 4 N–H and O–H groups in total. The number of hydrogen-bond donors (Lipinski definition) is 3. The third-order valence-corrected chi connectivity index (χ3v) is 3.55. The number of benzene rings is 1. The van der Waals surface area contributed by atoms with Gasteiger partial charge in [-0.15, -0.1) is 0 Å². The van der Waals surface area contributed by atoms with E-state index in [-0.39, 0.29) is 6.61 Å². The lowest BCUT2D eigenvalue weighted by Crippen LogP contribution is -2.28. The van der Waals surface area contributed by atoms with Crippen LogP contribution in [-0.4, -0.2) is 34.8 Å². The molecule has 0 spiro atoms. The summed E-state index contributed by atoms with van der Waals surface area (Å²) in [6.45, 7) is 3.22. The van der Waals surface area contributed by atoms with Gasteiger partial charge in [-0.25, -0.2) is 9.97 Å². The Hall–Kier alpha value is -1.86. The predicted octanol–water partition coefficient (Wildman–Crippen LogP) is 2.38. The highest BCUT2D eigenvalue weighted by Gasteiger charge is 2.13. The van der Waals surface area contributed by atoms with E-state index in [9.17, 15) is 0 Å². The average Bonchev–Trinajstić information content (AvgIpc) is 2.49. The molecule has 6 nitrogen and oxygen atoms in total. The Balaban J connectivity index is 2.26. The summed E-state index contributed by atoms with van der Waals surface area (Å²) in [5, 5.41) is 12.3. The molecule has 7 heteroatoms. The highest BCUT2D eigenvalue weighted by atomic mass is 79.9. The van der Waals surface area contributed by atoms with Gasteiger partial charge in [0.1, 0.15) is 12.0 Å². The van der Waals surface area contributed by atoms with E-state index in [2.05, 4.69) is 31.2 Å². The Morgan fingerprint density at radius 2 is 2.00 bits per heavy atom. The molecule has 2 rings (SSSR count). The summed E-state index contributed by atoms with van der Waals surface area (Å²) in [6, 6.07) is 7.72. The summed E-state index contributed by atoms with van der Waals surface area (Å²) in [7, 11) is 0. The summed E-state index contributed by atoms with van der Waals surface area (Å²) < 4.78 is 1.00. The zero-order chi connectivity index (χ0) is 15.2. The van der Waals surface area contributed by atoms with E-state index in [0.29, 0.717) is 30.4 Å². The van der Waals surface area contributed by atoms with Gasteiger partial charge in [-0.05, 0) is 31.2 Å². The number of anilines is 4. The second-order valence-electron chi connectivity index (χ2n) is 4.39. The molecule has 0 unspecified atom stereocenters. The fraction of sp³-hybridized carbons (Fsp3) is 0.286. The molecule has 0 fully saturated rings. The van der Waals surface area contributed by atoms with E-state index >= 15 is 0 Å². The van der Waals surface area contributed by atoms with Gasteiger partial charge in [-0.2, -0.15) is 0 Å². The van der Waals surface area contributed by atoms with Gasteiger partial charge in [0.05, 0.1) is 6.61 Å². The molecule has 0 aliphatic carbocycles. The molecule has 0 atom stereocenters. The van der Waals surface area contributed by atoms with Crippen molar-refractivity contribution in [3.05, 3.63) is 35.1 Å². The minimum atomic E-state index is 0.0484. The van der Waals surface area contributed by atoms with Gasteiger partial charge in [0.2, 0.25) is 0 Å². The highest BCUT2D eigenvalue weighted by Crippen LogP contribution is 2.28. The van der Waals surface area contributed by atoms with Crippen LogP contribution in [0.3, 0.4) is 0 Å². The van der Waals surface area contributed by atoms with Crippen LogP contribution in [0.2, 0.25) is 0 Å². The van der Waals surface area contributed by atoms with Crippen molar-refractivity contribution in [1.29, 1.82) is 0 Å². The molecule has 0 aliphatic heterocycles. The number of aromatic nitrogens is 2. The number of nitrogens with zero attached hydrogens (tertiary/aromatic N) is 3. The Bertz CT molecular complexity index is 590. The van der Waals surface area contributed by atoms with Gasteiger partial charge in [-0.1, -0.05) is 15.9 Å². The topological polar surface area (TPSA) is 87.3 Å². The van der Waals surface area contributed by atoms with E-state index in [4.69, 9.17) is 10.8 Å². The molecule has 1 aromatic heterocycles. The largest absolute Gasteiger partial charge is 0.395 e. The smallest absolute Gasteiger partial charge is 0.159 e. The first-order valence-corrected chi connectivity index (χ1v) is 7.44. The number of nitrogen functional groups attached to an aromatic ring is 1. The fourth-order valence-electron chi connectivity index (χ4n) is 1.94. The van der Waals surface area contributed by atoms with Crippen LogP contribution in [0.25, 0.3) is 0 Å². The molecular formula is C14H18BrN5O. The number of hydrogen-bond acceptors (Lipinski definition) is 6. The van der Waals surface area contributed by atoms with Crippen LogP contribution >= 0.6 is 15.9 Å². The summed E-state index contributed by atoms with van der Waals surface area (Å²) in [4.78, 5) is 10.3. The molecule has 0 saturated carbocycles. The highest BCUT2D eigenvalue weighted by molar-refractivity contribution is 9.10. The van der Waals surface area contributed by atoms with Crippen LogP contribution in [0.15, 0.2) is 35.1 Å². The number of aliphatic hydroxyl groups excluding tert-OH is 1. The van der Waals surface area contributed by atoms with Crippen molar-refractivity contribution in [2.45, 2.75) is 6.92 Å². The fourth-order valence-corrected chi connectivity index (χ4v) is 2.21. The third kappa shape index (κ3) is 3.83. The summed E-state index contributed by atoms with van der Waals surface area (Å²) in [5.41, 5.74) is 7.50. The first-order valence-electron chi connectivity index (χ1n) is 6.64. The molecule has 0 amide bonds. The van der Waals surface area contributed by atoms with Gasteiger partial charge in [-0.3, -0.25) is 0 Å². The third-order valence-electron chi connectivity index (χ3n) is 3.02. The minimum absolute atomic E-state index is 0.0484. The van der Waals surface area contributed by atoms with E-state index in [0.717, 1.165) is 10.2 Å².